The molecule has 0 aromatic heterocycles. The number of anilines is 1. The van der Waals surface area contributed by atoms with Crippen LogP contribution in [0.15, 0.2) is 48.5 Å². The summed E-state index contributed by atoms with van der Waals surface area (Å²) in [5.74, 6) is -2.18. The second-order valence-corrected chi connectivity index (χ2v) is 6.97. The summed E-state index contributed by atoms with van der Waals surface area (Å²) in [6, 6.07) is 8.43. The van der Waals surface area contributed by atoms with Crippen LogP contribution in [-0.4, -0.2) is 42.3 Å². The second-order valence-electron chi connectivity index (χ2n) is 6.97. The van der Waals surface area contributed by atoms with Gasteiger partial charge in [0, 0.05) is 5.69 Å². The van der Waals surface area contributed by atoms with Crippen LogP contribution in [0.4, 0.5) is 32.4 Å². The maximum absolute atomic E-state index is 12.9. The van der Waals surface area contributed by atoms with Gasteiger partial charge in [-0.3, -0.25) is 14.5 Å². The Bertz CT molecular complexity index is 1040. The van der Waals surface area contributed by atoms with Gasteiger partial charge >= 0.3 is 19.0 Å². The first-order valence-corrected chi connectivity index (χ1v) is 9.22. The van der Waals surface area contributed by atoms with Crippen molar-refractivity contribution in [3.8, 4) is 11.5 Å². The van der Waals surface area contributed by atoms with E-state index in [1.165, 1.54) is 43.3 Å². The van der Waals surface area contributed by atoms with E-state index in [9.17, 15) is 36.3 Å². The van der Waals surface area contributed by atoms with Gasteiger partial charge in [0.15, 0.2) is 0 Å². The van der Waals surface area contributed by atoms with Crippen LogP contribution < -0.4 is 20.1 Å². The number of nitrogens with zero attached hydrogens (tertiary/aromatic N) is 1. The fourth-order valence-electron chi connectivity index (χ4n) is 3.09. The highest BCUT2D eigenvalue weighted by atomic mass is 19.4. The van der Waals surface area contributed by atoms with Gasteiger partial charge in [-0.25, -0.2) is 4.79 Å². The maximum atomic E-state index is 12.9. The van der Waals surface area contributed by atoms with Crippen LogP contribution in [0, 0.1) is 0 Å². The Kier molecular flexibility index (Phi) is 6.42. The molecule has 1 saturated heterocycles. The average Bonchev–Trinajstić information content (AvgIpc) is 2.92. The van der Waals surface area contributed by atoms with Crippen LogP contribution in [0.5, 0.6) is 11.5 Å². The van der Waals surface area contributed by atoms with Crippen LogP contribution in [-0.2, 0) is 15.1 Å². The van der Waals surface area contributed by atoms with E-state index < -0.39 is 48.7 Å². The summed E-state index contributed by atoms with van der Waals surface area (Å²) in [5.41, 5.74) is -1.24. The van der Waals surface area contributed by atoms with Crippen LogP contribution in [0.2, 0.25) is 0 Å². The number of imide groups is 1. The van der Waals surface area contributed by atoms with Crippen molar-refractivity contribution in [2.45, 2.75) is 25.4 Å². The number of carbonyl (C=O) groups is 3. The molecule has 1 fully saturated rings. The Labute approximate surface area is 183 Å². The van der Waals surface area contributed by atoms with Gasteiger partial charge in [0.2, 0.25) is 5.91 Å². The SMILES string of the molecule is CC1(c2ccc(OC(F)(F)F)cc2)NC(=O)N(CC(=O)Nc2ccc(OC(F)F)cc2)C1=O. The lowest BCUT2D eigenvalue weighted by Gasteiger charge is -2.22. The Morgan fingerprint density at radius 1 is 1.06 bits per heavy atom. The molecule has 0 radical (unpaired) electrons. The minimum atomic E-state index is -4.89. The lowest BCUT2D eigenvalue weighted by Crippen LogP contribution is -2.42. The van der Waals surface area contributed by atoms with Crippen molar-refractivity contribution in [3.63, 3.8) is 0 Å². The summed E-state index contributed by atoms with van der Waals surface area (Å²) >= 11 is 0. The number of benzene rings is 2. The van der Waals surface area contributed by atoms with Crippen LogP contribution in [0.3, 0.4) is 0 Å². The summed E-state index contributed by atoms with van der Waals surface area (Å²) in [7, 11) is 0. The number of amides is 4. The standard InChI is InChI=1S/C20H16F5N3O5/c1-19(11-2-6-14(7-3-11)33-20(23,24)25)16(30)28(18(31)27-19)10-15(29)26-12-4-8-13(9-5-12)32-17(21)22/h2-9,17H,10H2,1H3,(H,26,29)(H,27,31). The number of alkyl halides is 5. The fourth-order valence-corrected chi connectivity index (χ4v) is 3.09. The quantitative estimate of drug-likeness (QED) is 0.473. The van der Waals surface area contributed by atoms with Crippen molar-refractivity contribution in [1.82, 2.24) is 10.2 Å². The molecule has 0 spiro atoms. The van der Waals surface area contributed by atoms with Crippen molar-refractivity contribution in [1.29, 1.82) is 0 Å². The molecular formula is C20H16F5N3O5. The summed E-state index contributed by atoms with van der Waals surface area (Å²) in [6.45, 7) is -2.33. The lowest BCUT2D eigenvalue weighted by molar-refractivity contribution is -0.274. The lowest BCUT2D eigenvalue weighted by atomic mass is 9.92. The molecule has 176 valence electrons. The second kappa shape index (κ2) is 8.92. The molecule has 33 heavy (non-hydrogen) atoms. The van der Waals surface area contributed by atoms with Crippen molar-refractivity contribution >= 4 is 23.5 Å². The normalized spacial score (nSPS) is 18.3. The third-order valence-corrected chi connectivity index (χ3v) is 4.61. The molecule has 1 unspecified atom stereocenters. The van der Waals surface area contributed by atoms with E-state index in [0.29, 0.717) is 4.90 Å². The molecule has 1 atom stereocenters. The molecule has 0 bridgehead atoms. The number of carbonyl (C=O) groups excluding carboxylic acids is 3. The molecule has 4 amide bonds. The predicted octanol–water partition coefficient (Wildman–Crippen LogP) is 3.59. The number of ether oxygens (including phenoxy) is 2. The number of nitrogens with one attached hydrogen (secondary N) is 2. The van der Waals surface area contributed by atoms with Gasteiger partial charge in [-0.2, -0.15) is 8.78 Å². The molecule has 3 rings (SSSR count). The first-order valence-electron chi connectivity index (χ1n) is 9.22. The van der Waals surface area contributed by atoms with E-state index in [1.54, 1.807) is 0 Å². The molecule has 8 nitrogen and oxygen atoms in total. The smallest absolute Gasteiger partial charge is 0.435 e. The highest BCUT2D eigenvalue weighted by Gasteiger charge is 2.49. The number of halogens is 5. The Morgan fingerprint density at radius 2 is 1.64 bits per heavy atom. The highest BCUT2D eigenvalue weighted by molar-refractivity contribution is 6.10. The predicted molar refractivity (Wildman–Crippen MR) is 102 cm³/mol. The molecule has 2 aromatic carbocycles. The van der Waals surface area contributed by atoms with E-state index in [0.717, 1.165) is 12.1 Å². The fraction of sp³-hybridized carbons (Fsp3) is 0.250. The number of hydrogen-bond donors (Lipinski definition) is 2. The van der Waals surface area contributed by atoms with Gasteiger partial charge < -0.3 is 20.1 Å². The molecule has 1 aliphatic heterocycles. The third kappa shape index (κ3) is 5.67. The summed E-state index contributed by atoms with van der Waals surface area (Å²) in [6.07, 6.45) is -4.89. The number of rotatable bonds is 7. The monoisotopic (exact) mass is 473 g/mol. The summed E-state index contributed by atoms with van der Waals surface area (Å²) in [5, 5.41) is 4.82. The van der Waals surface area contributed by atoms with Gasteiger partial charge in [0.25, 0.3) is 5.91 Å². The largest absolute Gasteiger partial charge is 0.573 e. The van der Waals surface area contributed by atoms with Crippen molar-refractivity contribution in [3.05, 3.63) is 54.1 Å². The van der Waals surface area contributed by atoms with Crippen molar-refractivity contribution < 1.29 is 45.8 Å². The highest BCUT2D eigenvalue weighted by Crippen LogP contribution is 2.31. The molecule has 1 heterocycles. The van der Waals surface area contributed by atoms with Crippen LogP contribution >= 0.6 is 0 Å². The van der Waals surface area contributed by atoms with Crippen molar-refractivity contribution in [2.24, 2.45) is 0 Å². The van der Waals surface area contributed by atoms with Gasteiger partial charge in [-0.05, 0) is 48.9 Å². The number of hydrogen-bond acceptors (Lipinski definition) is 5. The minimum absolute atomic E-state index is 0.125. The molecule has 0 aliphatic carbocycles. The summed E-state index contributed by atoms with van der Waals surface area (Å²) < 4.78 is 69.3. The molecule has 1 aliphatic rings. The zero-order valence-corrected chi connectivity index (χ0v) is 16.8. The van der Waals surface area contributed by atoms with E-state index in [1.807, 2.05) is 0 Å². The van der Waals surface area contributed by atoms with E-state index >= 15 is 0 Å². The molecule has 0 saturated carbocycles. The average molecular weight is 473 g/mol. The topological polar surface area (TPSA) is 97.0 Å². The Balaban J connectivity index is 1.66. The first kappa shape index (κ1) is 23.8. The third-order valence-electron chi connectivity index (χ3n) is 4.61. The number of urea groups is 1. The van der Waals surface area contributed by atoms with E-state index in [4.69, 9.17) is 0 Å². The van der Waals surface area contributed by atoms with E-state index in [-0.39, 0.29) is 17.0 Å². The molecule has 2 N–H and O–H groups in total. The van der Waals surface area contributed by atoms with Gasteiger partial charge in [0.1, 0.15) is 23.6 Å². The first-order chi connectivity index (χ1) is 15.4. The molecular weight excluding hydrogens is 457 g/mol. The van der Waals surface area contributed by atoms with E-state index in [2.05, 4.69) is 20.1 Å². The van der Waals surface area contributed by atoms with Crippen molar-refractivity contribution in [2.75, 3.05) is 11.9 Å². The summed E-state index contributed by atoms with van der Waals surface area (Å²) in [4.78, 5) is 38.1. The Morgan fingerprint density at radius 3 is 2.18 bits per heavy atom. The van der Waals surface area contributed by atoms with Crippen LogP contribution in [0.25, 0.3) is 0 Å². The van der Waals surface area contributed by atoms with Gasteiger partial charge in [0.05, 0.1) is 0 Å². The van der Waals surface area contributed by atoms with Crippen LogP contribution in [0.1, 0.15) is 12.5 Å². The Hall–Kier alpha value is -3.90. The minimum Gasteiger partial charge on any atom is -0.435 e. The van der Waals surface area contributed by atoms with Gasteiger partial charge in [-0.15, -0.1) is 13.2 Å². The maximum Gasteiger partial charge on any atom is 0.573 e. The van der Waals surface area contributed by atoms with Gasteiger partial charge in [-0.1, -0.05) is 12.1 Å². The molecule has 2 aromatic rings. The zero-order valence-electron chi connectivity index (χ0n) is 16.8. The zero-order chi connectivity index (χ0) is 24.4. The molecule has 13 heteroatoms.